The van der Waals surface area contributed by atoms with E-state index in [1.54, 1.807) is 24.3 Å². The van der Waals surface area contributed by atoms with Crippen molar-refractivity contribution in [1.82, 2.24) is 0 Å². The minimum atomic E-state index is -2.95. The van der Waals surface area contributed by atoms with Crippen LogP contribution in [0.25, 0.3) is 6.08 Å². The monoisotopic (exact) mass is 755 g/mol. The first-order valence-electron chi connectivity index (χ1n) is 19.3. The molecule has 0 saturated carbocycles. The van der Waals surface area contributed by atoms with Crippen LogP contribution in [0, 0.1) is 17.8 Å². The maximum absolute atomic E-state index is 14.4. The molecule has 4 atom stereocenters. The van der Waals surface area contributed by atoms with Gasteiger partial charge in [0, 0.05) is 11.5 Å². The summed E-state index contributed by atoms with van der Waals surface area (Å²) in [6.45, 7) is 9.46. The number of nitrogens with zero attached hydrogens (tertiary/aromatic N) is 1. The van der Waals surface area contributed by atoms with Crippen molar-refractivity contribution in [3.63, 3.8) is 0 Å². The number of carbonyl (C=O) groups excluding carboxylic acids is 2. The van der Waals surface area contributed by atoms with E-state index in [0.29, 0.717) is 31.7 Å². The largest absolute Gasteiger partial charge is 0.507 e. The van der Waals surface area contributed by atoms with Crippen molar-refractivity contribution in [2.75, 3.05) is 18.1 Å². The molecule has 10 heteroatoms. The van der Waals surface area contributed by atoms with Crippen LogP contribution in [0.2, 0.25) is 5.04 Å². The van der Waals surface area contributed by atoms with Gasteiger partial charge in [-0.3, -0.25) is 14.5 Å². The summed E-state index contributed by atoms with van der Waals surface area (Å²) in [5, 5.41) is 32.3. The van der Waals surface area contributed by atoms with Crippen LogP contribution in [0.5, 0.6) is 5.75 Å². The lowest BCUT2D eigenvalue weighted by molar-refractivity contribution is -0.122. The molecule has 0 spiro atoms. The average molecular weight is 756 g/mol. The molecule has 7 rings (SSSR count). The zero-order chi connectivity index (χ0) is 38.9. The van der Waals surface area contributed by atoms with Gasteiger partial charge in [0.25, 0.3) is 8.32 Å². The normalized spacial score (nSPS) is 21.6. The molecule has 8 nitrogen and oxygen atoms in total. The molecule has 2 saturated heterocycles. The van der Waals surface area contributed by atoms with Crippen LogP contribution in [-0.4, -0.2) is 61.7 Å². The number of hydrogen-bond acceptors (Lipinski definition) is 7. The van der Waals surface area contributed by atoms with Gasteiger partial charge in [-0.15, -0.1) is 0 Å². The quantitative estimate of drug-likeness (QED) is 0.0960. The van der Waals surface area contributed by atoms with Crippen molar-refractivity contribution in [2.45, 2.75) is 64.5 Å². The molecule has 1 aliphatic carbocycles. The van der Waals surface area contributed by atoms with Gasteiger partial charge in [-0.25, -0.2) is 0 Å². The molecule has 0 unspecified atom stereocenters. The molecule has 0 radical (unpaired) electrons. The van der Waals surface area contributed by atoms with Crippen molar-refractivity contribution in [3.05, 3.63) is 131 Å². The van der Waals surface area contributed by atoms with E-state index in [2.05, 4.69) is 82.3 Å². The lowest BCUT2D eigenvalue weighted by atomic mass is 9.69. The first kappa shape index (κ1) is 38.7. The molecular formula is C45H50BNO7Si. The standard InChI is InChI=1S/C45H50BNO7Si/c1-5-30(25-31-15-12-13-22-39(31)48)23-24-40-41-32(28-54-55(45(2,3)4,35-18-8-6-9-19-35)36-20-10-7-11-21-36)26-37-42(38(41)29-53-40)44(50)47(43(37)49)34-17-14-16-33(27-34)46(51)52/h6-22,25,27,37-38,40,42,48,51-52H,5,23-24,26,28-29H2,1-4H3/b30-25+/t37-,38+,40-,42-/m1/s1. The minimum absolute atomic E-state index is 0.207. The van der Waals surface area contributed by atoms with Crippen molar-refractivity contribution in [2.24, 2.45) is 17.8 Å². The summed E-state index contributed by atoms with van der Waals surface area (Å²) < 4.78 is 14.1. The fourth-order valence-corrected chi connectivity index (χ4v) is 13.7. The predicted octanol–water partition coefficient (Wildman–Crippen LogP) is 5.74. The van der Waals surface area contributed by atoms with Crippen molar-refractivity contribution >= 4 is 54.8 Å². The Morgan fingerprint density at radius 1 is 0.891 bits per heavy atom. The number of hydrogen-bond donors (Lipinski definition) is 3. The highest BCUT2D eigenvalue weighted by molar-refractivity contribution is 6.99. The third kappa shape index (κ3) is 7.30. The molecule has 55 heavy (non-hydrogen) atoms. The second kappa shape index (κ2) is 15.9. The van der Waals surface area contributed by atoms with E-state index in [0.717, 1.165) is 39.9 Å². The summed E-state index contributed by atoms with van der Waals surface area (Å²) in [4.78, 5) is 30.0. The van der Waals surface area contributed by atoms with Crippen LogP contribution in [-0.2, 0) is 18.8 Å². The third-order valence-electron chi connectivity index (χ3n) is 11.8. The summed E-state index contributed by atoms with van der Waals surface area (Å²) >= 11 is 0. The lowest BCUT2D eigenvalue weighted by Crippen LogP contribution is -2.66. The van der Waals surface area contributed by atoms with Gasteiger partial charge in [0.1, 0.15) is 5.75 Å². The molecule has 4 aromatic carbocycles. The number of benzene rings is 4. The molecular weight excluding hydrogens is 705 g/mol. The summed E-state index contributed by atoms with van der Waals surface area (Å²) in [7, 11) is -4.69. The maximum Gasteiger partial charge on any atom is 0.488 e. The number of para-hydroxylation sites is 1. The number of aromatic hydroxyl groups is 1. The fourth-order valence-electron chi connectivity index (χ4n) is 9.14. The number of ether oxygens (including phenoxy) is 1. The number of allylic oxidation sites excluding steroid dienone is 1. The average Bonchev–Trinajstić information content (AvgIpc) is 3.72. The van der Waals surface area contributed by atoms with E-state index < -0.39 is 27.3 Å². The maximum atomic E-state index is 14.4. The summed E-state index contributed by atoms with van der Waals surface area (Å²) in [5.74, 6) is -1.84. The second-order valence-corrected chi connectivity index (χ2v) is 20.3. The number of fused-ring (bicyclic) bond motifs is 3. The van der Waals surface area contributed by atoms with Crippen LogP contribution >= 0.6 is 0 Å². The summed E-state index contributed by atoms with van der Waals surface area (Å²) in [5.41, 5.74) is 4.58. The Morgan fingerprint density at radius 3 is 2.16 bits per heavy atom. The van der Waals surface area contributed by atoms with Gasteiger partial charge in [-0.1, -0.05) is 130 Å². The predicted molar refractivity (Wildman–Crippen MR) is 220 cm³/mol. The number of phenols is 1. The van der Waals surface area contributed by atoms with Gasteiger partial charge < -0.3 is 24.3 Å². The van der Waals surface area contributed by atoms with E-state index in [4.69, 9.17) is 9.16 Å². The van der Waals surface area contributed by atoms with Gasteiger partial charge in [0.2, 0.25) is 11.8 Å². The van der Waals surface area contributed by atoms with E-state index >= 15 is 0 Å². The topological polar surface area (TPSA) is 117 Å². The Bertz CT molecular complexity index is 2060. The van der Waals surface area contributed by atoms with Gasteiger partial charge >= 0.3 is 7.12 Å². The van der Waals surface area contributed by atoms with Gasteiger partial charge in [0.05, 0.1) is 36.8 Å². The number of rotatable bonds is 12. The second-order valence-electron chi connectivity index (χ2n) is 16.0. The van der Waals surface area contributed by atoms with E-state index in [1.807, 2.05) is 30.3 Å². The smallest absolute Gasteiger partial charge is 0.488 e. The van der Waals surface area contributed by atoms with Crippen LogP contribution in [0.4, 0.5) is 5.69 Å². The number of carbonyl (C=O) groups is 2. The molecule has 2 amide bonds. The SMILES string of the molecule is CC/C(=C\c1ccccc1O)CC[C@H]1OC[C@H]2C1=C(CO[Si](c1ccccc1)(c1ccccc1)C(C)(C)C)C[C@H]1C(=O)N(c3cccc(B(O)O)c3)C(=O)[C@H]12. The number of amides is 2. The van der Waals surface area contributed by atoms with Crippen LogP contribution in [0.15, 0.2) is 126 Å². The zero-order valence-corrected chi connectivity index (χ0v) is 33.0. The molecule has 0 bridgehead atoms. The van der Waals surface area contributed by atoms with E-state index in [-0.39, 0.29) is 40.1 Å². The van der Waals surface area contributed by atoms with Gasteiger partial charge in [-0.05, 0) is 75.9 Å². The molecule has 3 aliphatic rings. The first-order valence-corrected chi connectivity index (χ1v) is 21.2. The summed E-state index contributed by atoms with van der Waals surface area (Å²) in [6, 6.07) is 34.6. The Hall–Kier alpha value is -4.58. The highest BCUT2D eigenvalue weighted by atomic mass is 28.4. The van der Waals surface area contributed by atoms with E-state index in [1.165, 1.54) is 16.5 Å². The van der Waals surface area contributed by atoms with Crippen LogP contribution in [0.1, 0.15) is 58.9 Å². The zero-order valence-electron chi connectivity index (χ0n) is 32.0. The molecule has 2 aliphatic heterocycles. The van der Waals surface area contributed by atoms with Gasteiger partial charge in [-0.2, -0.15) is 0 Å². The Balaban J connectivity index is 1.28. The molecule has 4 aromatic rings. The third-order valence-corrected chi connectivity index (χ3v) is 16.8. The lowest BCUT2D eigenvalue weighted by Gasteiger charge is -2.44. The fraction of sp³-hybridized carbons (Fsp3) is 0.333. The molecule has 2 heterocycles. The highest BCUT2D eigenvalue weighted by Crippen LogP contribution is 2.51. The molecule has 0 aromatic heterocycles. The van der Waals surface area contributed by atoms with Crippen LogP contribution < -0.4 is 20.7 Å². The number of anilines is 1. The Morgan fingerprint density at radius 2 is 1.55 bits per heavy atom. The van der Waals surface area contributed by atoms with Crippen molar-refractivity contribution < 1.29 is 33.9 Å². The number of imide groups is 1. The summed E-state index contributed by atoms with van der Waals surface area (Å²) in [6.07, 6.45) is 4.37. The van der Waals surface area contributed by atoms with Crippen molar-refractivity contribution in [3.8, 4) is 5.75 Å². The van der Waals surface area contributed by atoms with Crippen LogP contribution in [0.3, 0.4) is 0 Å². The van der Waals surface area contributed by atoms with Crippen molar-refractivity contribution in [1.29, 1.82) is 0 Å². The molecule has 2 fully saturated rings. The Labute approximate surface area is 325 Å². The first-order chi connectivity index (χ1) is 26.4. The van der Waals surface area contributed by atoms with Gasteiger partial charge in [0.15, 0.2) is 0 Å². The highest BCUT2D eigenvalue weighted by Gasteiger charge is 2.58. The molecule has 284 valence electrons. The minimum Gasteiger partial charge on any atom is -0.507 e. The Kier molecular flexibility index (Phi) is 11.2. The number of phenolic OH excluding ortho intramolecular Hbond substituents is 1. The molecule has 3 N–H and O–H groups in total. The van der Waals surface area contributed by atoms with E-state index in [9.17, 15) is 24.7 Å².